The van der Waals surface area contributed by atoms with Crippen molar-refractivity contribution in [2.75, 3.05) is 28.2 Å². The summed E-state index contributed by atoms with van der Waals surface area (Å²) < 4.78 is 16.1. The molecule has 0 aliphatic heterocycles. The Morgan fingerprint density at radius 2 is 1.50 bits per heavy atom. The predicted octanol–water partition coefficient (Wildman–Crippen LogP) is 2.10. The van der Waals surface area contributed by atoms with E-state index in [1.165, 1.54) is 0 Å². The van der Waals surface area contributed by atoms with Gasteiger partial charge >= 0.3 is 0 Å². The van der Waals surface area contributed by atoms with Crippen molar-refractivity contribution in [1.29, 1.82) is 0 Å². The summed E-state index contributed by atoms with van der Waals surface area (Å²) in [7, 11) is 5.24. The molecule has 4 heteroatoms. The average molecular weight is 192 g/mol. The Morgan fingerprint density at radius 1 is 1.17 bits per heavy atom. The van der Waals surface area contributed by atoms with Crippen LogP contribution >= 0.6 is 7.44 Å². The van der Waals surface area contributed by atoms with Gasteiger partial charge in [0.2, 0.25) is 7.44 Å². The molecular weight excluding hydrogens is 171 g/mol. The maximum atomic E-state index is 12.4. The summed E-state index contributed by atoms with van der Waals surface area (Å²) in [6.07, 6.45) is 0.952. The maximum absolute atomic E-state index is 12.4. The molecule has 0 aliphatic carbocycles. The average Bonchev–Trinajstić information content (AvgIpc) is 2.00. The molecule has 0 aromatic heterocycles. The summed E-state index contributed by atoms with van der Waals surface area (Å²) in [5, 5.41) is 0. The normalized spacial score (nSPS) is 15.7. The maximum Gasteiger partial charge on any atom is 0.218 e. The van der Waals surface area contributed by atoms with Crippen molar-refractivity contribution in [2.24, 2.45) is 0 Å². The number of rotatable bonds is 4. The molecule has 0 bridgehead atoms. The quantitative estimate of drug-likeness (QED) is 0.637. The fourth-order valence-corrected chi connectivity index (χ4v) is 4.15. The third kappa shape index (κ3) is 2.09. The lowest BCUT2D eigenvalue weighted by Crippen LogP contribution is -2.27. The van der Waals surface area contributed by atoms with E-state index >= 15 is 0 Å². The Bertz CT molecular complexity index is 168. The molecule has 0 aromatic rings. The fourth-order valence-electron chi connectivity index (χ4n) is 1.38. The lowest BCUT2D eigenvalue weighted by Gasteiger charge is -2.34. The molecule has 0 rings (SSSR count). The van der Waals surface area contributed by atoms with Gasteiger partial charge in [-0.05, 0) is 34.6 Å². The second-order valence-corrected chi connectivity index (χ2v) is 7.20. The SMILES string of the molecule is CCC(C)P(=O)(N(C)C)N(C)C. The molecule has 0 aliphatic rings. The van der Waals surface area contributed by atoms with Crippen LogP contribution in [-0.2, 0) is 4.57 Å². The van der Waals surface area contributed by atoms with Crippen molar-refractivity contribution >= 4 is 7.44 Å². The van der Waals surface area contributed by atoms with Gasteiger partial charge in [-0.2, -0.15) is 0 Å². The molecule has 0 aromatic carbocycles. The van der Waals surface area contributed by atoms with Gasteiger partial charge in [-0.1, -0.05) is 13.8 Å². The first-order valence-electron chi connectivity index (χ1n) is 4.32. The molecule has 74 valence electrons. The standard InChI is InChI=1S/C8H21N2OP/c1-7-8(2)12(11,9(3)4)10(5)6/h8H,7H2,1-6H3. The molecule has 3 nitrogen and oxygen atoms in total. The van der Waals surface area contributed by atoms with Gasteiger partial charge in [-0.25, -0.2) is 9.34 Å². The van der Waals surface area contributed by atoms with E-state index in [1.54, 1.807) is 0 Å². The molecule has 1 atom stereocenters. The number of nitrogens with zero attached hydrogens (tertiary/aromatic N) is 2. The van der Waals surface area contributed by atoms with E-state index in [-0.39, 0.29) is 5.66 Å². The fraction of sp³-hybridized carbons (Fsp3) is 1.00. The van der Waals surface area contributed by atoms with Gasteiger partial charge in [-0.3, -0.25) is 4.57 Å². The molecule has 0 N–H and O–H groups in total. The van der Waals surface area contributed by atoms with Crippen molar-refractivity contribution in [3.8, 4) is 0 Å². The first kappa shape index (κ1) is 12.2. The first-order chi connectivity index (χ1) is 5.37. The summed E-state index contributed by atoms with van der Waals surface area (Å²) in [5.41, 5.74) is 0.238. The van der Waals surface area contributed by atoms with Gasteiger partial charge in [0, 0.05) is 5.66 Å². The second-order valence-electron chi connectivity index (χ2n) is 3.54. The van der Waals surface area contributed by atoms with Crippen LogP contribution in [0.1, 0.15) is 20.3 Å². The van der Waals surface area contributed by atoms with E-state index in [9.17, 15) is 4.57 Å². The van der Waals surface area contributed by atoms with Crippen LogP contribution in [0.3, 0.4) is 0 Å². The third-order valence-corrected chi connectivity index (χ3v) is 6.12. The van der Waals surface area contributed by atoms with E-state index in [0.29, 0.717) is 0 Å². The third-order valence-electron chi connectivity index (χ3n) is 2.31. The second kappa shape index (κ2) is 4.40. The number of hydrogen-bond donors (Lipinski definition) is 0. The van der Waals surface area contributed by atoms with E-state index in [2.05, 4.69) is 6.92 Å². The zero-order chi connectivity index (χ0) is 9.94. The summed E-state index contributed by atoms with van der Waals surface area (Å²) in [5.74, 6) is 0. The van der Waals surface area contributed by atoms with Crippen LogP contribution in [0.25, 0.3) is 0 Å². The van der Waals surface area contributed by atoms with Gasteiger partial charge in [0.25, 0.3) is 0 Å². The molecule has 0 spiro atoms. The molecule has 0 saturated heterocycles. The molecular formula is C8H21N2OP. The van der Waals surface area contributed by atoms with Gasteiger partial charge in [-0.15, -0.1) is 0 Å². The largest absolute Gasteiger partial charge is 0.289 e. The number of hydrogen-bond acceptors (Lipinski definition) is 1. The van der Waals surface area contributed by atoms with Crippen molar-refractivity contribution < 1.29 is 4.57 Å². The minimum atomic E-state index is -2.29. The van der Waals surface area contributed by atoms with Crippen LogP contribution in [0.4, 0.5) is 0 Å². The summed E-state index contributed by atoms with van der Waals surface area (Å²) in [6.45, 7) is 4.12. The van der Waals surface area contributed by atoms with Crippen LogP contribution in [0.2, 0.25) is 0 Å². The van der Waals surface area contributed by atoms with Crippen LogP contribution < -0.4 is 0 Å². The smallest absolute Gasteiger partial charge is 0.218 e. The van der Waals surface area contributed by atoms with E-state index in [1.807, 2.05) is 44.5 Å². The highest BCUT2D eigenvalue weighted by Crippen LogP contribution is 2.54. The highest BCUT2D eigenvalue weighted by Gasteiger charge is 2.33. The highest BCUT2D eigenvalue weighted by atomic mass is 31.2. The van der Waals surface area contributed by atoms with Crippen LogP contribution in [0.5, 0.6) is 0 Å². The van der Waals surface area contributed by atoms with Gasteiger partial charge < -0.3 is 0 Å². The van der Waals surface area contributed by atoms with Crippen molar-refractivity contribution in [3.63, 3.8) is 0 Å². The Morgan fingerprint density at radius 3 is 1.58 bits per heavy atom. The van der Waals surface area contributed by atoms with Gasteiger partial charge in [0.05, 0.1) is 0 Å². The van der Waals surface area contributed by atoms with Crippen LogP contribution in [0, 0.1) is 0 Å². The molecule has 0 radical (unpaired) electrons. The summed E-state index contributed by atoms with van der Waals surface area (Å²) in [4.78, 5) is 0. The zero-order valence-corrected chi connectivity index (χ0v) is 9.93. The van der Waals surface area contributed by atoms with Crippen molar-refractivity contribution in [2.45, 2.75) is 25.9 Å². The summed E-state index contributed by atoms with van der Waals surface area (Å²) >= 11 is 0. The Balaban J connectivity index is 4.75. The molecule has 0 fully saturated rings. The lowest BCUT2D eigenvalue weighted by molar-refractivity contribution is 0.433. The van der Waals surface area contributed by atoms with Gasteiger partial charge in [0.15, 0.2) is 0 Å². The molecule has 0 amide bonds. The van der Waals surface area contributed by atoms with Crippen LogP contribution in [0.15, 0.2) is 0 Å². The predicted molar refractivity (Wildman–Crippen MR) is 54.7 cm³/mol. The van der Waals surface area contributed by atoms with Crippen LogP contribution in [-0.4, -0.2) is 43.2 Å². The topological polar surface area (TPSA) is 23.6 Å². The Labute approximate surface area is 76.2 Å². The van der Waals surface area contributed by atoms with E-state index < -0.39 is 7.44 Å². The monoisotopic (exact) mass is 192 g/mol. The molecule has 12 heavy (non-hydrogen) atoms. The molecule has 0 heterocycles. The lowest BCUT2D eigenvalue weighted by atomic mass is 10.4. The Hall–Kier alpha value is 0.150. The zero-order valence-electron chi connectivity index (χ0n) is 9.03. The minimum absolute atomic E-state index is 0.238. The van der Waals surface area contributed by atoms with Crippen molar-refractivity contribution in [1.82, 2.24) is 9.34 Å². The molecule has 1 unspecified atom stereocenters. The minimum Gasteiger partial charge on any atom is -0.289 e. The van der Waals surface area contributed by atoms with Gasteiger partial charge in [0.1, 0.15) is 0 Å². The molecule has 0 saturated carbocycles. The van der Waals surface area contributed by atoms with Crippen molar-refractivity contribution in [3.05, 3.63) is 0 Å². The van der Waals surface area contributed by atoms with E-state index in [0.717, 1.165) is 6.42 Å². The van der Waals surface area contributed by atoms with E-state index in [4.69, 9.17) is 0 Å². The highest BCUT2D eigenvalue weighted by molar-refractivity contribution is 7.59. The summed E-state index contributed by atoms with van der Waals surface area (Å²) in [6, 6.07) is 0. The first-order valence-corrected chi connectivity index (χ1v) is 6.00. The Kier molecular flexibility index (Phi) is 4.46.